The summed E-state index contributed by atoms with van der Waals surface area (Å²) in [5.74, 6) is 1.50. The van der Waals surface area contributed by atoms with Gasteiger partial charge >= 0.3 is 0 Å². The molecule has 2 N–H and O–H groups in total. The third kappa shape index (κ3) is 6.81. The van der Waals surface area contributed by atoms with E-state index in [1.54, 1.807) is 0 Å². The number of nitrogens with one attached hydrogen (secondary N) is 1. The number of benzene rings is 3. The van der Waals surface area contributed by atoms with Crippen molar-refractivity contribution in [1.29, 1.82) is 0 Å². The summed E-state index contributed by atoms with van der Waals surface area (Å²) in [5.41, 5.74) is 3.42. The number of rotatable bonds is 11. The maximum Gasteiger partial charge on any atom is 0.161 e. The average Bonchev–Trinajstić information content (AvgIpc) is 3.23. The fourth-order valence-corrected chi connectivity index (χ4v) is 4.14. The van der Waals surface area contributed by atoms with Crippen LogP contribution in [-0.4, -0.2) is 48.3 Å². The number of hydrogen-bond donors (Lipinski definition) is 2. The lowest BCUT2D eigenvalue weighted by Gasteiger charge is -2.17. The van der Waals surface area contributed by atoms with Crippen molar-refractivity contribution >= 4 is 0 Å². The van der Waals surface area contributed by atoms with Gasteiger partial charge in [-0.25, -0.2) is 0 Å². The number of aliphatic hydroxyl groups excluding tert-OH is 1. The first-order chi connectivity index (χ1) is 16.2. The largest absolute Gasteiger partial charge is 0.485 e. The van der Waals surface area contributed by atoms with Gasteiger partial charge in [-0.2, -0.15) is 0 Å². The molecular weight excluding hydrogens is 412 g/mol. The SMILES string of the molecule is CCN1C[C@@H](O)[C@H](NCCc2ccc(OCc3ccccc3)c(OCc3ccccc3)c2)C1. The number of aliphatic hydroxyl groups is 1. The predicted octanol–water partition coefficient (Wildman–Crippen LogP) is 4.04. The summed E-state index contributed by atoms with van der Waals surface area (Å²) in [7, 11) is 0. The first kappa shape index (κ1) is 23.3. The van der Waals surface area contributed by atoms with Crippen LogP contribution in [0.15, 0.2) is 78.9 Å². The molecule has 0 unspecified atom stereocenters. The Kier molecular flexibility index (Phi) is 8.36. The minimum Gasteiger partial charge on any atom is -0.485 e. The molecule has 0 spiro atoms. The van der Waals surface area contributed by atoms with E-state index in [1.807, 2.05) is 42.5 Å². The lowest BCUT2D eigenvalue weighted by molar-refractivity contribution is 0.155. The third-order valence-corrected chi connectivity index (χ3v) is 6.11. The van der Waals surface area contributed by atoms with Crippen molar-refractivity contribution < 1.29 is 14.6 Å². The number of likely N-dealkylation sites (N-methyl/N-ethyl adjacent to an activating group) is 1. The molecule has 3 aromatic rings. The Morgan fingerprint density at radius 1 is 0.818 bits per heavy atom. The van der Waals surface area contributed by atoms with E-state index in [0.29, 0.717) is 13.2 Å². The van der Waals surface area contributed by atoms with Crippen LogP contribution in [0.2, 0.25) is 0 Å². The van der Waals surface area contributed by atoms with E-state index in [0.717, 1.165) is 55.2 Å². The fourth-order valence-electron chi connectivity index (χ4n) is 4.14. The standard InChI is InChI=1S/C28H34N2O3/c1-2-30-18-25(26(31)19-30)29-16-15-22-13-14-27(32-20-23-9-5-3-6-10-23)28(17-22)33-21-24-11-7-4-8-12-24/h3-14,17,25-26,29,31H,2,15-16,18-21H2,1H3/t25-,26-/m1/s1. The van der Waals surface area contributed by atoms with Crippen LogP contribution in [0.5, 0.6) is 11.5 Å². The maximum atomic E-state index is 10.3. The van der Waals surface area contributed by atoms with Crippen LogP contribution in [0.1, 0.15) is 23.6 Å². The van der Waals surface area contributed by atoms with Gasteiger partial charge in [0.1, 0.15) is 13.2 Å². The molecule has 2 atom stereocenters. The van der Waals surface area contributed by atoms with E-state index >= 15 is 0 Å². The highest BCUT2D eigenvalue weighted by Crippen LogP contribution is 2.30. The Morgan fingerprint density at radius 3 is 2.06 bits per heavy atom. The Bertz CT molecular complexity index is 981. The van der Waals surface area contributed by atoms with Gasteiger partial charge in [-0.3, -0.25) is 4.90 Å². The van der Waals surface area contributed by atoms with Crippen LogP contribution in [0.25, 0.3) is 0 Å². The second-order valence-electron chi connectivity index (χ2n) is 8.56. The van der Waals surface area contributed by atoms with E-state index in [-0.39, 0.29) is 12.1 Å². The molecule has 1 fully saturated rings. The van der Waals surface area contributed by atoms with Gasteiger partial charge in [0.15, 0.2) is 11.5 Å². The highest BCUT2D eigenvalue weighted by Gasteiger charge is 2.29. The minimum atomic E-state index is -0.302. The highest BCUT2D eigenvalue weighted by atomic mass is 16.5. The molecule has 1 heterocycles. The number of likely N-dealkylation sites (tertiary alicyclic amines) is 1. The van der Waals surface area contributed by atoms with Crippen molar-refractivity contribution in [2.75, 3.05) is 26.2 Å². The number of β-amino-alcohol motifs (C(OH)–C–C–N with tert-alkyl or cyclic N) is 1. The van der Waals surface area contributed by atoms with E-state index in [1.165, 1.54) is 5.56 Å². The predicted molar refractivity (Wildman–Crippen MR) is 132 cm³/mol. The Hall–Kier alpha value is -2.86. The van der Waals surface area contributed by atoms with Gasteiger partial charge < -0.3 is 19.9 Å². The van der Waals surface area contributed by atoms with Crippen molar-refractivity contribution in [1.82, 2.24) is 10.2 Å². The van der Waals surface area contributed by atoms with Crippen molar-refractivity contribution in [2.24, 2.45) is 0 Å². The fraction of sp³-hybridized carbons (Fsp3) is 0.357. The monoisotopic (exact) mass is 446 g/mol. The molecule has 0 amide bonds. The molecule has 0 saturated carbocycles. The second kappa shape index (κ2) is 11.8. The molecule has 4 rings (SSSR count). The quantitative estimate of drug-likeness (QED) is 0.466. The Labute approximate surface area is 197 Å². The van der Waals surface area contributed by atoms with Crippen LogP contribution in [0.3, 0.4) is 0 Å². The van der Waals surface area contributed by atoms with Gasteiger partial charge in [0.2, 0.25) is 0 Å². The summed E-state index contributed by atoms with van der Waals surface area (Å²) < 4.78 is 12.3. The van der Waals surface area contributed by atoms with Gasteiger partial charge in [-0.15, -0.1) is 0 Å². The number of hydrogen-bond acceptors (Lipinski definition) is 5. The summed E-state index contributed by atoms with van der Waals surface area (Å²) in [6.07, 6.45) is 0.555. The van der Waals surface area contributed by atoms with Gasteiger partial charge in [-0.1, -0.05) is 73.7 Å². The first-order valence-electron chi connectivity index (χ1n) is 11.8. The highest BCUT2D eigenvalue weighted by molar-refractivity contribution is 5.43. The molecule has 0 aliphatic carbocycles. The average molecular weight is 447 g/mol. The van der Waals surface area contributed by atoms with Crippen molar-refractivity contribution in [3.8, 4) is 11.5 Å². The number of ether oxygens (including phenoxy) is 2. The molecule has 0 aromatic heterocycles. The maximum absolute atomic E-state index is 10.3. The molecule has 3 aromatic carbocycles. The molecule has 1 saturated heterocycles. The van der Waals surface area contributed by atoms with Gasteiger partial charge in [0, 0.05) is 19.1 Å². The summed E-state index contributed by atoms with van der Waals surface area (Å²) >= 11 is 0. The smallest absolute Gasteiger partial charge is 0.161 e. The molecule has 0 radical (unpaired) electrons. The summed E-state index contributed by atoms with van der Waals surface area (Å²) in [6.45, 7) is 6.55. The van der Waals surface area contributed by atoms with Gasteiger partial charge in [0.25, 0.3) is 0 Å². The Morgan fingerprint density at radius 2 is 1.45 bits per heavy atom. The number of nitrogens with zero attached hydrogens (tertiary/aromatic N) is 1. The lowest BCUT2D eigenvalue weighted by Crippen LogP contribution is -2.40. The van der Waals surface area contributed by atoms with Crippen LogP contribution in [0.4, 0.5) is 0 Å². The Balaban J connectivity index is 1.39. The lowest BCUT2D eigenvalue weighted by atomic mass is 10.1. The molecule has 5 heteroatoms. The molecule has 174 valence electrons. The molecule has 1 aliphatic rings. The normalized spacial score (nSPS) is 18.4. The van der Waals surface area contributed by atoms with Crippen molar-refractivity contribution in [2.45, 2.75) is 38.7 Å². The first-order valence-corrected chi connectivity index (χ1v) is 11.8. The van der Waals surface area contributed by atoms with Gasteiger partial charge in [-0.05, 0) is 48.3 Å². The molecular formula is C28H34N2O3. The van der Waals surface area contributed by atoms with E-state index in [2.05, 4.69) is 53.5 Å². The zero-order chi connectivity index (χ0) is 22.9. The molecule has 5 nitrogen and oxygen atoms in total. The topological polar surface area (TPSA) is 54.0 Å². The van der Waals surface area contributed by atoms with E-state index < -0.39 is 0 Å². The summed E-state index contributed by atoms with van der Waals surface area (Å²) in [4.78, 5) is 2.27. The van der Waals surface area contributed by atoms with Crippen LogP contribution in [0, 0.1) is 0 Å². The zero-order valence-electron chi connectivity index (χ0n) is 19.3. The third-order valence-electron chi connectivity index (χ3n) is 6.11. The molecule has 0 bridgehead atoms. The van der Waals surface area contributed by atoms with Gasteiger partial charge in [0.05, 0.1) is 6.10 Å². The van der Waals surface area contributed by atoms with E-state index in [4.69, 9.17) is 9.47 Å². The molecule has 1 aliphatic heterocycles. The zero-order valence-corrected chi connectivity index (χ0v) is 19.3. The van der Waals surface area contributed by atoms with Crippen molar-refractivity contribution in [3.63, 3.8) is 0 Å². The van der Waals surface area contributed by atoms with Crippen LogP contribution >= 0.6 is 0 Å². The van der Waals surface area contributed by atoms with Crippen LogP contribution < -0.4 is 14.8 Å². The molecule has 33 heavy (non-hydrogen) atoms. The van der Waals surface area contributed by atoms with Crippen molar-refractivity contribution in [3.05, 3.63) is 95.6 Å². The summed E-state index contributed by atoms with van der Waals surface area (Å²) in [6, 6.07) is 26.6. The van der Waals surface area contributed by atoms with Crippen LogP contribution in [-0.2, 0) is 19.6 Å². The minimum absolute atomic E-state index is 0.132. The second-order valence-corrected chi connectivity index (χ2v) is 8.56. The van der Waals surface area contributed by atoms with E-state index in [9.17, 15) is 5.11 Å². The summed E-state index contributed by atoms with van der Waals surface area (Å²) in [5, 5.41) is 13.8.